The Bertz CT molecular complexity index is 935. The molecular formula is C21H24N4OS. The second kappa shape index (κ2) is 8.86. The molecule has 0 aliphatic heterocycles. The normalized spacial score (nSPS) is 10.8. The van der Waals surface area contributed by atoms with Gasteiger partial charge in [-0.25, -0.2) is 0 Å². The van der Waals surface area contributed by atoms with Crippen LogP contribution in [0.3, 0.4) is 0 Å². The van der Waals surface area contributed by atoms with E-state index in [1.165, 1.54) is 22.9 Å². The lowest BCUT2D eigenvalue weighted by Crippen LogP contribution is -2.24. The predicted molar refractivity (Wildman–Crippen MR) is 110 cm³/mol. The number of benzene rings is 2. The van der Waals surface area contributed by atoms with E-state index < -0.39 is 0 Å². The lowest BCUT2D eigenvalue weighted by atomic mass is 10.1. The molecule has 1 aromatic heterocycles. The van der Waals surface area contributed by atoms with Crippen molar-refractivity contribution in [3.8, 4) is 11.4 Å². The van der Waals surface area contributed by atoms with Crippen LogP contribution in [0.5, 0.6) is 0 Å². The van der Waals surface area contributed by atoms with Gasteiger partial charge in [-0.15, -0.1) is 10.2 Å². The molecule has 140 valence electrons. The van der Waals surface area contributed by atoms with E-state index in [0.717, 1.165) is 28.7 Å². The standard InChI is InChI=1S/C21H24N4OS/c1-4-25-20(18-10-6-8-16(3)12-18)23-24-21(25)27-14-19(26)22-13-17-9-5-7-15(2)11-17/h5-12H,4,13-14H2,1-3H3,(H,22,26). The highest BCUT2D eigenvalue weighted by atomic mass is 32.2. The van der Waals surface area contributed by atoms with Crippen LogP contribution >= 0.6 is 11.8 Å². The first-order chi connectivity index (χ1) is 13.1. The lowest BCUT2D eigenvalue weighted by Gasteiger charge is -2.08. The molecule has 27 heavy (non-hydrogen) atoms. The average molecular weight is 381 g/mol. The number of carbonyl (C=O) groups is 1. The van der Waals surface area contributed by atoms with Crippen molar-refractivity contribution in [3.05, 3.63) is 65.2 Å². The number of thioether (sulfide) groups is 1. The van der Waals surface area contributed by atoms with Crippen LogP contribution in [0.2, 0.25) is 0 Å². The summed E-state index contributed by atoms with van der Waals surface area (Å²) in [6.07, 6.45) is 0. The maximum absolute atomic E-state index is 12.2. The summed E-state index contributed by atoms with van der Waals surface area (Å²) in [5.74, 6) is 1.14. The number of aromatic nitrogens is 3. The van der Waals surface area contributed by atoms with E-state index in [9.17, 15) is 4.79 Å². The third-order valence-corrected chi connectivity index (χ3v) is 5.18. The van der Waals surface area contributed by atoms with Gasteiger partial charge in [-0.05, 0) is 32.4 Å². The summed E-state index contributed by atoms with van der Waals surface area (Å²) in [4.78, 5) is 12.2. The van der Waals surface area contributed by atoms with Crippen molar-refractivity contribution >= 4 is 17.7 Å². The third kappa shape index (κ3) is 4.98. The van der Waals surface area contributed by atoms with Crippen LogP contribution in [0, 0.1) is 13.8 Å². The van der Waals surface area contributed by atoms with E-state index in [4.69, 9.17) is 0 Å². The molecule has 0 aliphatic rings. The van der Waals surface area contributed by atoms with E-state index in [2.05, 4.69) is 47.6 Å². The van der Waals surface area contributed by atoms with Crippen molar-refractivity contribution in [1.82, 2.24) is 20.1 Å². The fourth-order valence-electron chi connectivity index (χ4n) is 2.88. The zero-order valence-electron chi connectivity index (χ0n) is 15.9. The van der Waals surface area contributed by atoms with Gasteiger partial charge in [0, 0.05) is 18.7 Å². The summed E-state index contributed by atoms with van der Waals surface area (Å²) < 4.78 is 2.05. The molecule has 3 aromatic rings. The molecule has 5 nitrogen and oxygen atoms in total. The molecule has 0 aliphatic carbocycles. The summed E-state index contributed by atoms with van der Waals surface area (Å²) in [6.45, 7) is 7.46. The minimum absolute atomic E-state index is 0.00994. The maximum Gasteiger partial charge on any atom is 0.230 e. The highest BCUT2D eigenvalue weighted by molar-refractivity contribution is 7.99. The highest BCUT2D eigenvalue weighted by Gasteiger charge is 2.14. The first-order valence-electron chi connectivity index (χ1n) is 9.02. The van der Waals surface area contributed by atoms with Crippen molar-refractivity contribution in [2.75, 3.05) is 5.75 Å². The van der Waals surface area contributed by atoms with Crippen LogP contribution in [0.1, 0.15) is 23.6 Å². The fraction of sp³-hybridized carbons (Fsp3) is 0.286. The largest absolute Gasteiger partial charge is 0.351 e. The van der Waals surface area contributed by atoms with Crippen molar-refractivity contribution in [2.24, 2.45) is 0 Å². The van der Waals surface area contributed by atoms with Gasteiger partial charge >= 0.3 is 0 Å². The van der Waals surface area contributed by atoms with Gasteiger partial charge in [-0.2, -0.15) is 0 Å². The van der Waals surface area contributed by atoms with Crippen molar-refractivity contribution < 1.29 is 4.79 Å². The Balaban J connectivity index is 1.61. The number of hydrogen-bond acceptors (Lipinski definition) is 4. The smallest absolute Gasteiger partial charge is 0.230 e. The van der Waals surface area contributed by atoms with Crippen molar-refractivity contribution in [2.45, 2.75) is 39.0 Å². The molecule has 0 bridgehead atoms. The molecule has 0 saturated carbocycles. The Labute approximate surface area is 164 Å². The lowest BCUT2D eigenvalue weighted by molar-refractivity contribution is -0.118. The van der Waals surface area contributed by atoms with Gasteiger partial charge in [0.25, 0.3) is 0 Å². The summed E-state index contributed by atoms with van der Waals surface area (Å²) in [5, 5.41) is 12.4. The molecule has 0 saturated heterocycles. The summed E-state index contributed by atoms with van der Waals surface area (Å²) in [6, 6.07) is 16.4. The van der Waals surface area contributed by atoms with Crippen molar-refractivity contribution in [3.63, 3.8) is 0 Å². The minimum atomic E-state index is -0.00994. The van der Waals surface area contributed by atoms with Gasteiger partial charge in [0.05, 0.1) is 5.75 Å². The molecule has 2 aromatic carbocycles. The monoisotopic (exact) mass is 380 g/mol. The van der Waals surface area contributed by atoms with Gasteiger partial charge in [-0.3, -0.25) is 4.79 Å². The second-order valence-corrected chi connectivity index (χ2v) is 7.42. The van der Waals surface area contributed by atoms with E-state index in [1.807, 2.05) is 41.8 Å². The SMILES string of the molecule is CCn1c(SCC(=O)NCc2cccc(C)c2)nnc1-c1cccc(C)c1. The molecule has 1 amide bonds. The Morgan fingerprint density at radius 1 is 1.07 bits per heavy atom. The molecule has 0 spiro atoms. The minimum Gasteiger partial charge on any atom is -0.351 e. The van der Waals surface area contributed by atoms with E-state index in [-0.39, 0.29) is 5.91 Å². The number of nitrogens with one attached hydrogen (secondary N) is 1. The second-order valence-electron chi connectivity index (χ2n) is 6.47. The van der Waals surface area contributed by atoms with Crippen LogP contribution in [0.15, 0.2) is 53.7 Å². The summed E-state index contributed by atoms with van der Waals surface area (Å²) in [5.41, 5.74) is 4.52. The van der Waals surface area contributed by atoms with Crippen LogP contribution in [0.25, 0.3) is 11.4 Å². The molecule has 6 heteroatoms. The number of rotatable bonds is 7. The topological polar surface area (TPSA) is 59.8 Å². The van der Waals surface area contributed by atoms with E-state index in [0.29, 0.717) is 12.3 Å². The fourth-order valence-corrected chi connectivity index (χ4v) is 3.71. The van der Waals surface area contributed by atoms with Gasteiger partial charge in [0.1, 0.15) is 0 Å². The highest BCUT2D eigenvalue weighted by Crippen LogP contribution is 2.24. The van der Waals surface area contributed by atoms with Crippen LogP contribution in [0.4, 0.5) is 0 Å². The molecule has 0 fully saturated rings. The van der Waals surface area contributed by atoms with Crippen LogP contribution < -0.4 is 5.32 Å². The number of carbonyl (C=O) groups excluding carboxylic acids is 1. The quantitative estimate of drug-likeness (QED) is 0.630. The maximum atomic E-state index is 12.2. The molecule has 0 atom stereocenters. The van der Waals surface area contributed by atoms with E-state index in [1.54, 1.807) is 0 Å². The first-order valence-corrected chi connectivity index (χ1v) is 10.0. The first kappa shape index (κ1) is 19.2. The van der Waals surface area contributed by atoms with Crippen molar-refractivity contribution in [1.29, 1.82) is 0 Å². The van der Waals surface area contributed by atoms with Crippen LogP contribution in [-0.2, 0) is 17.9 Å². The Kier molecular flexibility index (Phi) is 6.29. The Morgan fingerprint density at radius 3 is 2.52 bits per heavy atom. The zero-order chi connectivity index (χ0) is 19.2. The molecule has 1 N–H and O–H groups in total. The molecule has 0 unspecified atom stereocenters. The molecular weight excluding hydrogens is 356 g/mol. The molecule has 1 heterocycles. The van der Waals surface area contributed by atoms with Crippen LogP contribution in [-0.4, -0.2) is 26.4 Å². The van der Waals surface area contributed by atoms with Gasteiger partial charge in [0.15, 0.2) is 11.0 Å². The van der Waals surface area contributed by atoms with Gasteiger partial charge in [0.2, 0.25) is 5.91 Å². The average Bonchev–Trinajstić information content (AvgIpc) is 3.07. The Hall–Kier alpha value is -2.60. The summed E-state index contributed by atoms with van der Waals surface area (Å²) >= 11 is 1.42. The number of hydrogen-bond donors (Lipinski definition) is 1. The van der Waals surface area contributed by atoms with Gasteiger partial charge < -0.3 is 9.88 Å². The molecule has 3 rings (SSSR count). The van der Waals surface area contributed by atoms with E-state index >= 15 is 0 Å². The zero-order valence-corrected chi connectivity index (χ0v) is 16.7. The summed E-state index contributed by atoms with van der Waals surface area (Å²) in [7, 11) is 0. The van der Waals surface area contributed by atoms with Gasteiger partial charge in [-0.1, -0.05) is 65.4 Å². The third-order valence-electron chi connectivity index (χ3n) is 4.21. The Morgan fingerprint density at radius 2 is 1.81 bits per heavy atom. The predicted octanol–water partition coefficient (Wildman–Crippen LogP) is 3.99. The number of amides is 1. The molecule has 0 radical (unpaired) electrons. The number of nitrogens with zero attached hydrogens (tertiary/aromatic N) is 3. The number of aryl methyl sites for hydroxylation is 2.